The largest absolute Gasteiger partial charge is 0.438 e. The zero-order chi connectivity index (χ0) is 35.4. The SMILES string of the molecule is CC(C)(C)C(=O)OCOP(=O)(OCOC(=O)C(C)(C)C)C(C(=O)N/C=C/c1cc(F)cc(C(F)(F)F)c1)c1csc2ccc(Cl)cc12. The smallest absolute Gasteiger partial charge is 0.416 e. The number of alkyl halides is 3. The molecule has 0 radical (unpaired) electrons. The Kier molecular flexibility index (Phi) is 12.1. The van der Waals surface area contributed by atoms with Crippen LogP contribution in [-0.2, 0) is 43.6 Å². The fourth-order valence-electron chi connectivity index (χ4n) is 3.79. The molecule has 0 spiro atoms. The van der Waals surface area contributed by atoms with E-state index < -0.39 is 73.1 Å². The van der Waals surface area contributed by atoms with Gasteiger partial charge in [0, 0.05) is 15.9 Å². The van der Waals surface area contributed by atoms with E-state index in [2.05, 4.69) is 5.32 Å². The average Bonchev–Trinajstić information content (AvgIpc) is 3.33. The number of halogens is 5. The number of hydrogen-bond acceptors (Lipinski definition) is 9. The third kappa shape index (κ3) is 10.3. The van der Waals surface area contributed by atoms with Crippen LogP contribution < -0.4 is 5.32 Å². The van der Waals surface area contributed by atoms with Gasteiger partial charge in [-0.3, -0.25) is 28.0 Å². The molecule has 3 aromatic rings. The molecule has 9 nitrogen and oxygen atoms in total. The zero-order valence-corrected chi connectivity index (χ0v) is 28.7. The van der Waals surface area contributed by atoms with Crippen molar-refractivity contribution < 1.29 is 55.0 Å². The van der Waals surface area contributed by atoms with E-state index in [-0.39, 0.29) is 16.1 Å². The molecule has 1 N–H and O–H groups in total. The molecule has 1 heterocycles. The number of benzene rings is 2. The Hall–Kier alpha value is -3.29. The molecular weight excluding hydrogens is 689 g/mol. The van der Waals surface area contributed by atoms with E-state index in [1.807, 2.05) is 0 Å². The molecule has 1 atom stereocenters. The third-order valence-electron chi connectivity index (χ3n) is 6.24. The predicted octanol–water partition coefficient (Wildman–Crippen LogP) is 8.86. The van der Waals surface area contributed by atoms with E-state index in [0.717, 1.165) is 18.3 Å². The second-order valence-electron chi connectivity index (χ2n) is 12.2. The van der Waals surface area contributed by atoms with E-state index in [1.165, 1.54) is 22.8 Å². The number of carbonyl (C=O) groups is 3. The van der Waals surface area contributed by atoms with Gasteiger partial charge >= 0.3 is 25.7 Å². The maximum Gasteiger partial charge on any atom is 0.416 e. The molecule has 1 aromatic heterocycles. The lowest BCUT2D eigenvalue weighted by molar-refractivity contribution is -0.162. The van der Waals surface area contributed by atoms with Gasteiger partial charge in [0.15, 0.2) is 5.66 Å². The number of rotatable bonds is 11. The fraction of sp³-hybridized carbons (Fsp3) is 0.387. The highest BCUT2D eigenvalue weighted by Gasteiger charge is 2.45. The molecule has 1 amide bonds. The van der Waals surface area contributed by atoms with Crippen molar-refractivity contribution in [2.24, 2.45) is 10.8 Å². The van der Waals surface area contributed by atoms with Crippen LogP contribution in [0.1, 0.15) is 63.9 Å². The molecule has 3 rings (SSSR count). The summed E-state index contributed by atoms with van der Waals surface area (Å²) in [5, 5.41) is 4.49. The van der Waals surface area contributed by atoms with Gasteiger partial charge in [0.05, 0.1) is 16.4 Å². The van der Waals surface area contributed by atoms with Crippen molar-refractivity contribution in [3.8, 4) is 0 Å². The van der Waals surface area contributed by atoms with Crippen LogP contribution in [0.2, 0.25) is 5.02 Å². The second-order valence-corrected chi connectivity index (χ2v) is 15.7. The molecule has 1 unspecified atom stereocenters. The maximum atomic E-state index is 14.6. The van der Waals surface area contributed by atoms with Crippen LogP contribution in [0.4, 0.5) is 17.6 Å². The average molecular weight is 722 g/mol. The minimum atomic E-state index is -4.82. The number of nitrogens with one attached hydrogen (secondary N) is 1. The van der Waals surface area contributed by atoms with E-state index in [0.29, 0.717) is 22.2 Å². The van der Waals surface area contributed by atoms with Gasteiger partial charge in [0.25, 0.3) is 0 Å². The predicted molar refractivity (Wildman–Crippen MR) is 169 cm³/mol. The van der Waals surface area contributed by atoms with Crippen LogP contribution in [0.25, 0.3) is 16.2 Å². The summed E-state index contributed by atoms with van der Waals surface area (Å²) in [6, 6.07) is 6.57. The Balaban J connectivity index is 2.05. The molecule has 0 saturated heterocycles. The van der Waals surface area contributed by atoms with Crippen LogP contribution >= 0.6 is 30.5 Å². The zero-order valence-electron chi connectivity index (χ0n) is 26.2. The van der Waals surface area contributed by atoms with Crippen molar-refractivity contribution in [3.05, 3.63) is 75.5 Å². The Morgan fingerprint density at radius 3 is 2.04 bits per heavy atom. The van der Waals surface area contributed by atoms with Gasteiger partial charge in [-0.2, -0.15) is 13.2 Å². The summed E-state index contributed by atoms with van der Waals surface area (Å²) in [6.07, 6.45) is -2.90. The lowest BCUT2D eigenvalue weighted by Crippen LogP contribution is -2.29. The van der Waals surface area contributed by atoms with Crippen molar-refractivity contribution in [1.29, 1.82) is 0 Å². The standard InChI is InChI=1S/C31H33ClF4NO8PS/c1-29(2,3)27(39)42-16-44-46(41,45-17-43-28(40)30(4,5)6)25(23-15-47-24-8-7-20(32)14-22(23)24)26(38)37-10-9-18-11-19(31(34,35)36)13-21(33)12-18/h7-15,25H,16-17H2,1-6H3,(H,37,38)/b10-9+. The minimum Gasteiger partial charge on any atom is -0.438 e. The van der Waals surface area contributed by atoms with Crippen molar-refractivity contribution in [1.82, 2.24) is 5.32 Å². The monoisotopic (exact) mass is 721 g/mol. The molecule has 0 aliphatic rings. The van der Waals surface area contributed by atoms with Gasteiger partial charge in [-0.1, -0.05) is 11.6 Å². The molecule has 16 heteroatoms. The Morgan fingerprint density at radius 2 is 1.51 bits per heavy atom. The van der Waals surface area contributed by atoms with E-state index >= 15 is 0 Å². The van der Waals surface area contributed by atoms with Crippen LogP contribution in [-0.4, -0.2) is 31.4 Å². The summed E-state index contributed by atoms with van der Waals surface area (Å²) in [7, 11) is -4.81. The number of ether oxygens (including phenoxy) is 2. The fourth-order valence-corrected chi connectivity index (χ4v) is 6.71. The summed E-state index contributed by atoms with van der Waals surface area (Å²) in [6.45, 7) is 7.55. The van der Waals surface area contributed by atoms with Gasteiger partial charge in [-0.25, -0.2) is 4.39 Å². The number of amides is 1. The van der Waals surface area contributed by atoms with Gasteiger partial charge < -0.3 is 14.8 Å². The summed E-state index contributed by atoms with van der Waals surface area (Å²) < 4.78 is 89.9. The highest BCUT2D eigenvalue weighted by molar-refractivity contribution is 7.55. The Morgan fingerprint density at radius 1 is 0.936 bits per heavy atom. The first-order chi connectivity index (χ1) is 21.6. The van der Waals surface area contributed by atoms with Crippen LogP contribution in [0, 0.1) is 16.6 Å². The van der Waals surface area contributed by atoms with Gasteiger partial charge in [-0.05, 0) is 106 Å². The van der Waals surface area contributed by atoms with Gasteiger partial charge in [0.1, 0.15) is 5.82 Å². The molecule has 2 aromatic carbocycles. The normalized spacial score (nSPS) is 13.5. The molecule has 0 aliphatic carbocycles. The first kappa shape index (κ1) is 38.2. The molecule has 47 heavy (non-hydrogen) atoms. The topological polar surface area (TPSA) is 117 Å². The molecule has 0 aliphatic heterocycles. The van der Waals surface area contributed by atoms with Crippen molar-refractivity contribution in [2.75, 3.05) is 13.6 Å². The van der Waals surface area contributed by atoms with Crippen LogP contribution in [0.3, 0.4) is 0 Å². The minimum absolute atomic E-state index is 0.108. The first-order valence-corrected chi connectivity index (χ1v) is 16.7. The lowest BCUT2D eigenvalue weighted by Gasteiger charge is -2.27. The summed E-state index contributed by atoms with van der Waals surface area (Å²) >= 11 is 7.38. The quantitative estimate of drug-likeness (QED) is 0.0904. The van der Waals surface area contributed by atoms with Crippen LogP contribution in [0.5, 0.6) is 0 Å². The summed E-state index contributed by atoms with van der Waals surface area (Å²) in [4.78, 5) is 38.6. The molecular formula is C31H33ClF4NO8PS. The second kappa shape index (κ2) is 14.9. The summed E-state index contributed by atoms with van der Waals surface area (Å²) in [5.74, 6) is -3.66. The number of esters is 2. The third-order valence-corrected chi connectivity index (χ3v) is 9.54. The van der Waals surface area contributed by atoms with Crippen molar-refractivity contribution >= 4 is 64.5 Å². The molecule has 0 bridgehead atoms. The number of carbonyl (C=O) groups excluding carboxylic acids is 3. The first-order valence-electron chi connectivity index (χ1n) is 13.9. The summed E-state index contributed by atoms with van der Waals surface area (Å²) in [5.41, 5.74) is -5.14. The highest BCUT2D eigenvalue weighted by Crippen LogP contribution is 2.62. The van der Waals surface area contributed by atoms with Gasteiger partial charge in [-0.15, -0.1) is 11.3 Å². The number of hydrogen-bond donors (Lipinski definition) is 1. The Labute approximate surface area is 277 Å². The van der Waals surface area contributed by atoms with Crippen molar-refractivity contribution in [3.63, 3.8) is 0 Å². The number of thiophene rings is 1. The number of fused-ring (bicyclic) bond motifs is 1. The Bertz CT molecular complexity index is 1680. The highest BCUT2D eigenvalue weighted by atomic mass is 35.5. The van der Waals surface area contributed by atoms with Crippen molar-refractivity contribution in [2.45, 2.75) is 53.4 Å². The van der Waals surface area contributed by atoms with E-state index in [9.17, 15) is 36.5 Å². The van der Waals surface area contributed by atoms with Gasteiger partial charge in [0.2, 0.25) is 19.5 Å². The lowest BCUT2D eigenvalue weighted by atomic mass is 9.98. The molecule has 0 saturated carbocycles. The molecule has 256 valence electrons. The van der Waals surface area contributed by atoms with E-state index in [4.69, 9.17) is 30.1 Å². The maximum absolute atomic E-state index is 14.6. The molecule has 0 fully saturated rings. The van der Waals surface area contributed by atoms with Crippen LogP contribution in [0.15, 0.2) is 48.0 Å². The van der Waals surface area contributed by atoms with E-state index in [1.54, 1.807) is 53.7 Å².